The molecule has 1 saturated heterocycles. The van der Waals surface area contributed by atoms with Gasteiger partial charge in [0, 0.05) is 25.7 Å². The van der Waals surface area contributed by atoms with Crippen LogP contribution < -0.4 is 5.32 Å². The number of likely N-dealkylation sites (N-methyl/N-ethyl adjacent to an activating group) is 1. The molecule has 0 amide bonds. The molecule has 1 unspecified atom stereocenters. The normalized spacial score (nSPS) is 26.8. The zero-order valence-corrected chi connectivity index (χ0v) is 6.92. The average Bonchev–Trinajstić information content (AvgIpc) is 2.06. The maximum absolute atomic E-state index is 9.96. The van der Waals surface area contributed by atoms with Crippen molar-refractivity contribution in [1.29, 1.82) is 0 Å². The van der Waals surface area contributed by atoms with Crippen molar-refractivity contribution in [3.8, 4) is 0 Å². The summed E-state index contributed by atoms with van der Waals surface area (Å²) >= 11 is 0. The lowest BCUT2D eigenvalue weighted by Gasteiger charge is -2.31. The Morgan fingerprint density at radius 2 is 2.55 bits per heavy atom. The number of nitrogens with one attached hydrogen (secondary N) is 1. The Labute approximate surface area is 66.9 Å². The van der Waals surface area contributed by atoms with Crippen LogP contribution >= 0.6 is 0 Å². The van der Waals surface area contributed by atoms with Crippen molar-refractivity contribution in [2.24, 2.45) is 5.18 Å². The lowest BCUT2D eigenvalue weighted by Crippen LogP contribution is -2.51. The highest BCUT2D eigenvalue weighted by Crippen LogP contribution is 1.98. The molecule has 1 atom stereocenters. The molecule has 0 radical (unpaired) electrons. The summed E-state index contributed by atoms with van der Waals surface area (Å²) < 4.78 is 0. The maximum Gasteiger partial charge on any atom is 0.0976 e. The predicted molar refractivity (Wildman–Crippen MR) is 44.6 cm³/mol. The first-order chi connectivity index (χ1) is 5.36. The summed E-state index contributed by atoms with van der Waals surface area (Å²) in [6.45, 7) is 6.63. The number of piperazine rings is 1. The zero-order chi connectivity index (χ0) is 8.10. The predicted octanol–water partition coefficient (Wildman–Crippen LogP) is 0.0465. The fraction of sp³-hybridized carbons (Fsp3) is 1.00. The lowest BCUT2D eigenvalue weighted by atomic mass is 10.2. The third kappa shape index (κ3) is 2.55. The molecule has 4 heteroatoms. The van der Waals surface area contributed by atoms with E-state index < -0.39 is 0 Å². The standard InChI is InChI=1S/C7H15N3O/c1-2-10-4-3-8-7(6-10)5-9-11/h7-8H,2-6H2,1H3. The van der Waals surface area contributed by atoms with E-state index in [-0.39, 0.29) is 6.04 Å². The van der Waals surface area contributed by atoms with E-state index in [9.17, 15) is 4.91 Å². The molecule has 0 saturated carbocycles. The van der Waals surface area contributed by atoms with Gasteiger partial charge in [0.1, 0.15) is 0 Å². The quantitative estimate of drug-likeness (QED) is 0.589. The molecule has 1 aliphatic rings. The van der Waals surface area contributed by atoms with Crippen LogP contribution in [0.5, 0.6) is 0 Å². The van der Waals surface area contributed by atoms with Gasteiger partial charge in [-0.05, 0) is 6.54 Å². The molecule has 1 rings (SSSR count). The van der Waals surface area contributed by atoms with Crippen LogP contribution in [-0.4, -0.2) is 43.7 Å². The van der Waals surface area contributed by atoms with Crippen molar-refractivity contribution in [1.82, 2.24) is 10.2 Å². The second-order valence-corrected chi connectivity index (χ2v) is 2.86. The lowest BCUT2D eigenvalue weighted by molar-refractivity contribution is 0.212. The van der Waals surface area contributed by atoms with Gasteiger partial charge in [0.2, 0.25) is 0 Å². The van der Waals surface area contributed by atoms with Gasteiger partial charge in [-0.3, -0.25) is 0 Å². The highest BCUT2D eigenvalue weighted by Gasteiger charge is 2.17. The third-order valence-electron chi connectivity index (χ3n) is 2.08. The first-order valence-corrected chi connectivity index (χ1v) is 4.11. The first-order valence-electron chi connectivity index (χ1n) is 4.11. The Morgan fingerprint density at radius 3 is 3.18 bits per heavy atom. The fourth-order valence-electron chi connectivity index (χ4n) is 1.39. The molecule has 0 bridgehead atoms. The Hall–Kier alpha value is -0.480. The number of hydrogen-bond acceptors (Lipinski definition) is 4. The van der Waals surface area contributed by atoms with Crippen LogP contribution in [0.4, 0.5) is 0 Å². The van der Waals surface area contributed by atoms with Gasteiger partial charge in [0.15, 0.2) is 0 Å². The van der Waals surface area contributed by atoms with Crippen molar-refractivity contribution in [2.45, 2.75) is 13.0 Å². The van der Waals surface area contributed by atoms with Gasteiger partial charge in [-0.2, -0.15) is 4.91 Å². The summed E-state index contributed by atoms with van der Waals surface area (Å²) in [5.41, 5.74) is 0. The third-order valence-corrected chi connectivity index (χ3v) is 2.08. The molecule has 1 fully saturated rings. The van der Waals surface area contributed by atoms with Crippen molar-refractivity contribution < 1.29 is 0 Å². The molecule has 0 aromatic carbocycles. The number of rotatable bonds is 3. The van der Waals surface area contributed by atoms with Gasteiger partial charge >= 0.3 is 0 Å². The molecular formula is C7H15N3O. The van der Waals surface area contributed by atoms with E-state index in [4.69, 9.17) is 0 Å². The molecule has 1 N–H and O–H groups in total. The summed E-state index contributed by atoms with van der Waals surface area (Å²) in [5.74, 6) is 0. The van der Waals surface area contributed by atoms with Crippen LogP contribution in [0.2, 0.25) is 0 Å². The van der Waals surface area contributed by atoms with Crippen molar-refractivity contribution in [3.05, 3.63) is 4.91 Å². The van der Waals surface area contributed by atoms with E-state index in [1.54, 1.807) is 0 Å². The van der Waals surface area contributed by atoms with Gasteiger partial charge in [0.25, 0.3) is 0 Å². The number of nitrogens with zero attached hydrogens (tertiary/aromatic N) is 2. The minimum Gasteiger partial charge on any atom is -0.310 e. The van der Waals surface area contributed by atoms with E-state index in [0.717, 1.165) is 26.2 Å². The van der Waals surface area contributed by atoms with Crippen LogP contribution in [0.1, 0.15) is 6.92 Å². The van der Waals surface area contributed by atoms with Gasteiger partial charge in [0.05, 0.1) is 6.54 Å². The molecule has 0 aliphatic carbocycles. The second kappa shape index (κ2) is 4.41. The largest absolute Gasteiger partial charge is 0.310 e. The van der Waals surface area contributed by atoms with Crippen LogP contribution in [-0.2, 0) is 0 Å². The highest BCUT2D eigenvalue weighted by molar-refractivity contribution is 4.79. The summed E-state index contributed by atoms with van der Waals surface area (Å²) in [4.78, 5) is 12.3. The molecule has 4 nitrogen and oxygen atoms in total. The molecule has 0 aromatic heterocycles. The highest BCUT2D eigenvalue weighted by atomic mass is 16.3. The van der Waals surface area contributed by atoms with E-state index in [2.05, 4.69) is 22.3 Å². The fourth-order valence-corrected chi connectivity index (χ4v) is 1.39. The molecular weight excluding hydrogens is 142 g/mol. The molecule has 0 spiro atoms. The van der Waals surface area contributed by atoms with Crippen LogP contribution in [0.15, 0.2) is 5.18 Å². The number of hydrogen-bond donors (Lipinski definition) is 1. The van der Waals surface area contributed by atoms with Gasteiger partial charge in [-0.1, -0.05) is 12.1 Å². The topological polar surface area (TPSA) is 44.7 Å². The van der Waals surface area contributed by atoms with Gasteiger partial charge < -0.3 is 10.2 Å². The Bertz CT molecular complexity index is 129. The first kappa shape index (κ1) is 8.62. The molecule has 1 aliphatic heterocycles. The number of nitroso groups, excluding NO2 is 1. The molecule has 11 heavy (non-hydrogen) atoms. The smallest absolute Gasteiger partial charge is 0.0976 e. The molecule has 1 heterocycles. The Morgan fingerprint density at radius 1 is 1.73 bits per heavy atom. The van der Waals surface area contributed by atoms with Gasteiger partial charge in [-0.25, -0.2) is 0 Å². The molecule has 64 valence electrons. The molecule has 0 aromatic rings. The van der Waals surface area contributed by atoms with E-state index in [1.165, 1.54) is 0 Å². The summed E-state index contributed by atoms with van der Waals surface area (Å²) in [7, 11) is 0. The Balaban J connectivity index is 2.27. The van der Waals surface area contributed by atoms with Gasteiger partial charge in [-0.15, -0.1) is 0 Å². The summed E-state index contributed by atoms with van der Waals surface area (Å²) in [5, 5.41) is 6.14. The Kier molecular flexibility index (Phi) is 3.45. The second-order valence-electron chi connectivity index (χ2n) is 2.86. The monoisotopic (exact) mass is 157 g/mol. The SMILES string of the molecule is CCN1CCNC(CN=O)C1. The maximum atomic E-state index is 9.96. The van der Waals surface area contributed by atoms with E-state index >= 15 is 0 Å². The minimum absolute atomic E-state index is 0.279. The van der Waals surface area contributed by atoms with Crippen molar-refractivity contribution >= 4 is 0 Å². The van der Waals surface area contributed by atoms with E-state index in [1.807, 2.05) is 0 Å². The summed E-state index contributed by atoms with van der Waals surface area (Å²) in [6.07, 6.45) is 0. The van der Waals surface area contributed by atoms with Crippen LogP contribution in [0.25, 0.3) is 0 Å². The van der Waals surface area contributed by atoms with Crippen LogP contribution in [0, 0.1) is 4.91 Å². The summed E-state index contributed by atoms with van der Waals surface area (Å²) in [6, 6.07) is 0.279. The minimum atomic E-state index is 0.279. The van der Waals surface area contributed by atoms with Crippen LogP contribution in [0.3, 0.4) is 0 Å². The van der Waals surface area contributed by atoms with E-state index in [0.29, 0.717) is 6.54 Å². The van der Waals surface area contributed by atoms with Crippen molar-refractivity contribution in [3.63, 3.8) is 0 Å². The van der Waals surface area contributed by atoms with Crippen molar-refractivity contribution in [2.75, 3.05) is 32.7 Å². The zero-order valence-electron chi connectivity index (χ0n) is 6.92. The average molecular weight is 157 g/mol.